The van der Waals surface area contributed by atoms with Crippen LogP contribution in [0.5, 0.6) is 0 Å². The Bertz CT molecular complexity index is 452. The van der Waals surface area contributed by atoms with Crippen molar-refractivity contribution < 1.29 is 4.79 Å². The first-order valence-corrected chi connectivity index (χ1v) is 7.97. The van der Waals surface area contributed by atoms with E-state index in [9.17, 15) is 4.79 Å². The summed E-state index contributed by atoms with van der Waals surface area (Å²) in [6.45, 7) is 13.4. The molecule has 1 rings (SSSR count). The molecular weight excluding hydrogens is 264 g/mol. The maximum absolute atomic E-state index is 12.6. The highest BCUT2D eigenvalue weighted by molar-refractivity contribution is 5.92. The third-order valence-corrected chi connectivity index (χ3v) is 3.38. The molecule has 118 valence electrons. The van der Waals surface area contributed by atoms with Gasteiger partial charge in [-0.25, -0.2) is 9.97 Å². The van der Waals surface area contributed by atoms with Crippen LogP contribution in [-0.4, -0.2) is 47.0 Å². The van der Waals surface area contributed by atoms with Crippen molar-refractivity contribution in [3.8, 4) is 0 Å². The van der Waals surface area contributed by atoms with Gasteiger partial charge in [-0.15, -0.1) is 0 Å². The van der Waals surface area contributed by atoms with Crippen molar-refractivity contribution in [3.05, 3.63) is 17.5 Å². The summed E-state index contributed by atoms with van der Waals surface area (Å²) in [6, 6.07) is 1.79. The molecule has 0 fully saturated rings. The molecule has 0 spiro atoms. The minimum atomic E-state index is 0.0117. The zero-order valence-corrected chi connectivity index (χ0v) is 14.0. The van der Waals surface area contributed by atoms with Crippen molar-refractivity contribution in [3.63, 3.8) is 0 Å². The van der Waals surface area contributed by atoms with Gasteiger partial charge in [-0.2, -0.15) is 0 Å². The van der Waals surface area contributed by atoms with Crippen molar-refractivity contribution in [2.45, 2.75) is 47.5 Å². The molecule has 0 unspecified atom stereocenters. The minimum absolute atomic E-state index is 0.0117. The zero-order chi connectivity index (χ0) is 15.8. The van der Waals surface area contributed by atoms with Crippen molar-refractivity contribution in [2.75, 3.05) is 31.1 Å². The van der Waals surface area contributed by atoms with E-state index in [0.717, 1.165) is 44.7 Å². The predicted molar refractivity (Wildman–Crippen MR) is 86.8 cm³/mol. The summed E-state index contributed by atoms with van der Waals surface area (Å²) in [4.78, 5) is 25.5. The summed E-state index contributed by atoms with van der Waals surface area (Å²) < 4.78 is 0. The van der Waals surface area contributed by atoms with Crippen LogP contribution in [0.2, 0.25) is 0 Å². The van der Waals surface area contributed by atoms with Crippen LogP contribution >= 0.6 is 0 Å². The largest absolute Gasteiger partial charge is 0.341 e. The second kappa shape index (κ2) is 8.60. The monoisotopic (exact) mass is 292 g/mol. The SMILES string of the molecule is CCCN(CCC)C(=O)c1cc(C)nc(N(CC)CC)n1. The molecule has 0 atom stereocenters. The van der Waals surface area contributed by atoms with E-state index in [1.165, 1.54) is 0 Å². The lowest BCUT2D eigenvalue weighted by Gasteiger charge is -2.23. The van der Waals surface area contributed by atoms with E-state index in [-0.39, 0.29) is 5.91 Å². The van der Waals surface area contributed by atoms with Crippen LogP contribution in [0.25, 0.3) is 0 Å². The fourth-order valence-electron chi connectivity index (χ4n) is 2.33. The van der Waals surface area contributed by atoms with Gasteiger partial charge < -0.3 is 9.80 Å². The van der Waals surface area contributed by atoms with Gasteiger partial charge in [-0.3, -0.25) is 4.79 Å². The number of anilines is 1. The number of aromatic nitrogens is 2. The highest BCUT2D eigenvalue weighted by Gasteiger charge is 2.18. The smallest absolute Gasteiger partial charge is 0.272 e. The maximum Gasteiger partial charge on any atom is 0.272 e. The molecule has 0 bridgehead atoms. The summed E-state index contributed by atoms with van der Waals surface area (Å²) in [5.41, 5.74) is 1.34. The van der Waals surface area contributed by atoms with Crippen LogP contribution in [0.3, 0.4) is 0 Å². The lowest BCUT2D eigenvalue weighted by atomic mass is 10.2. The third kappa shape index (κ3) is 4.69. The van der Waals surface area contributed by atoms with Crippen molar-refractivity contribution in [1.82, 2.24) is 14.9 Å². The van der Waals surface area contributed by atoms with Crippen LogP contribution in [0.1, 0.15) is 56.7 Å². The Balaban J connectivity index is 3.08. The summed E-state index contributed by atoms with van der Waals surface area (Å²) >= 11 is 0. The third-order valence-electron chi connectivity index (χ3n) is 3.38. The highest BCUT2D eigenvalue weighted by atomic mass is 16.2. The number of hydrogen-bond acceptors (Lipinski definition) is 4. The van der Waals surface area contributed by atoms with E-state index < -0.39 is 0 Å². The first-order valence-electron chi connectivity index (χ1n) is 7.97. The second-order valence-electron chi connectivity index (χ2n) is 5.16. The Kier molecular flexibility index (Phi) is 7.12. The van der Waals surface area contributed by atoms with E-state index >= 15 is 0 Å². The van der Waals surface area contributed by atoms with Gasteiger partial charge in [0.2, 0.25) is 5.95 Å². The normalized spacial score (nSPS) is 10.5. The summed E-state index contributed by atoms with van der Waals surface area (Å²) in [7, 11) is 0. The summed E-state index contributed by atoms with van der Waals surface area (Å²) in [5, 5.41) is 0. The molecule has 0 N–H and O–H groups in total. The molecule has 0 aliphatic heterocycles. The molecule has 0 aliphatic rings. The van der Waals surface area contributed by atoms with Crippen LogP contribution in [0, 0.1) is 6.92 Å². The van der Waals surface area contributed by atoms with Crippen molar-refractivity contribution in [1.29, 1.82) is 0 Å². The van der Waals surface area contributed by atoms with E-state index in [1.54, 1.807) is 6.07 Å². The van der Waals surface area contributed by atoms with Gasteiger partial charge >= 0.3 is 0 Å². The molecule has 0 saturated heterocycles. The molecule has 0 aliphatic carbocycles. The molecule has 1 aromatic heterocycles. The standard InChI is InChI=1S/C16H28N4O/c1-6-10-20(11-7-2)15(21)14-12-13(5)17-16(18-14)19(8-3)9-4/h12H,6-11H2,1-5H3. The van der Waals surface area contributed by atoms with Gasteiger partial charge in [0.25, 0.3) is 5.91 Å². The van der Waals surface area contributed by atoms with Crippen LogP contribution in [-0.2, 0) is 0 Å². The molecule has 5 nitrogen and oxygen atoms in total. The molecular formula is C16H28N4O. The molecule has 1 aromatic rings. The van der Waals surface area contributed by atoms with Gasteiger partial charge in [-0.05, 0) is 39.7 Å². The van der Waals surface area contributed by atoms with E-state index in [1.807, 2.05) is 11.8 Å². The molecule has 0 aromatic carbocycles. The lowest BCUT2D eigenvalue weighted by Crippen LogP contribution is -2.34. The molecule has 1 heterocycles. The van der Waals surface area contributed by atoms with E-state index in [2.05, 4.69) is 42.6 Å². The molecule has 0 radical (unpaired) electrons. The first kappa shape index (κ1) is 17.4. The molecule has 5 heteroatoms. The Labute approximate surface area is 128 Å². The zero-order valence-electron chi connectivity index (χ0n) is 14.0. The summed E-state index contributed by atoms with van der Waals surface area (Å²) in [6.07, 6.45) is 1.91. The Hall–Kier alpha value is -1.65. The minimum Gasteiger partial charge on any atom is -0.341 e. The Morgan fingerprint density at radius 2 is 1.62 bits per heavy atom. The van der Waals surface area contributed by atoms with Crippen molar-refractivity contribution in [2.24, 2.45) is 0 Å². The number of aryl methyl sites for hydroxylation is 1. The number of carbonyl (C=O) groups excluding carboxylic acids is 1. The average Bonchev–Trinajstić information content (AvgIpc) is 2.47. The Morgan fingerprint density at radius 1 is 1.05 bits per heavy atom. The van der Waals surface area contributed by atoms with Gasteiger partial charge in [0.05, 0.1) is 0 Å². The predicted octanol–water partition coefficient (Wildman–Crippen LogP) is 2.89. The number of hydrogen-bond donors (Lipinski definition) is 0. The van der Waals surface area contributed by atoms with E-state index in [4.69, 9.17) is 0 Å². The Morgan fingerprint density at radius 3 is 2.10 bits per heavy atom. The van der Waals surface area contributed by atoms with Gasteiger partial charge in [-0.1, -0.05) is 13.8 Å². The lowest BCUT2D eigenvalue weighted by molar-refractivity contribution is 0.0749. The average molecular weight is 292 g/mol. The molecule has 1 amide bonds. The fourth-order valence-corrected chi connectivity index (χ4v) is 2.33. The van der Waals surface area contributed by atoms with Crippen LogP contribution in [0.4, 0.5) is 5.95 Å². The van der Waals surface area contributed by atoms with Crippen LogP contribution in [0.15, 0.2) is 6.07 Å². The quantitative estimate of drug-likeness (QED) is 0.739. The topological polar surface area (TPSA) is 49.3 Å². The second-order valence-corrected chi connectivity index (χ2v) is 5.16. The van der Waals surface area contributed by atoms with Gasteiger partial charge in [0.1, 0.15) is 5.69 Å². The number of carbonyl (C=O) groups is 1. The molecule has 0 saturated carbocycles. The molecule has 21 heavy (non-hydrogen) atoms. The maximum atomic E-state index is 12.6. The van der Waals surface area contributed by atoms with Gasteiger partial charge in [0, 0.05) is 31.9 Å². The van der Waals surface area contributed by atoms with Crippen LogP contribution < -0.4 is 4.90 Å². The summed E-state index contributed by atoms with van der Waals surface area (Å²) in [5.74, 6) is 0.661. The highest BCUT2D eigenvalue weighted by Crippen LogP contribution is 2.12. The number of rotatable bonds is 8. The van der Waals surface area contributed by atoms with E-state index in [0.29, 0.717) is 11.6 Å². The first-order chi connectivity index (χ1) is 10.1. The van der Waals surface area contributed by atoms with Gasteiger partial charge in [0.15, 0.2) is 0 Å². The number of nitrogens with zero attached hydrogens (tertiary/aromatic N) is 4. The number of amides is 1. The fraction of sp³-hybridized carbons (Fsp3) is 0.688. The van der Waals surface area contributed by atoms with Crippen molar-refractivity contribution >= 4 is 11.9 Å².